The van der Waals surface area contributed by atoms with Gasteiger partial charge in [-0.25, -0.2) is 0 Å². The number of piperazine rings is 1. The molecule has 1 aromatic heterocycles. The molecular weight excluding hydrogens is 214 g/mol. The highest BCUT2D eigenvalue weighted by molar-refractivity contribution is 5.93. The molecule has 4 heteroatoms. The molecule has 0 spiro atoms. The molecule has 1 aliphatic carbocycles. The minimum atomic E-state index is 0.191. The summed E-state index contributed by atoms with van der Waals surface area (Å²) in [7, 11) is 0. The van der Waals surface area contributed by atoms with Crippen LogP contribution in [0.5, 0.6) is 0 Å². The number of nitrogens with zero attached hydrogens (tertiary/aromatic N) is 2. The van der Waals surface area contributed by atoms with Crippen LogP contribution in [-0.4, -0.2) is 41.1 Å². The molecule has 0 bridgehead atoms. The minimum absolute atomic E-state index is 0.191. The van der Waals surface area contributed by atoms with Crippen molar-refractivity contribution in [1.29, 1.82) is 0 Å². The van der Waals surface area contributed by atoms with Crippen LogP contribution < -0.4 is 5.32 Å². The maximum Gasteiger partial charge on any atom is 0.270 e. The molecule has 2 aliphatic rings. The van der Waals surface area contributed by atoms with Gasteiger partial charge in [0.1, 0.15) is 5.69 Å². The Morgan fingerprint density at radius 2 is 2.29 bits per heavy atom. The molecule has 92 valence electrons. The Labute approximate surface area is 102 Å². The van der Waals surface area contributed by atoms with Gasteiger partial charge in [-0.2, -0.15) is 0 Å². The first-order valence-electron chi connectivity index (χ1n) is 6.46. The van der Waals surface area contributed by atoms with E-state index in [0.29, 0.717) is 12.1 Å². The second kappa shape index (κ2) is 4.18. The summed E-state index contributed by atoms with van der Waals surface area (Å²) < 4.78 is 2.15. The molecule has 1 saturated carbocycles. The van der Waals surface area contributed by atoms with Crippen LogP contribution in [0.4, 0.5) is 0 Å². The normalized spacial score (nSPS) is 25.0. The Kier molecular flexibility index (Phi) is 2.67. The molecule has 1 aromatic rings. The number of rotatable bonds is 2. The van der Waals surface area contributed by atoms with Crippen molar-refractivity contribution in [2.45, 2.75) is 31.8 Å². The maximum absolute atomic E-state index is 12.5. The summed E-state index contributed by atoms with van der Waals surface area (Å²) in [6.07, 6.45) is 4.47. The zero-order chi connectivity index (χ0) is 11.8. The summed E-state index contributed by atoms with van der Waals surface area (Å²) >= 11 is 0. The van der Waals surface area contributed by atoms with Crippen LogP contribution in [0, 0.1) is 0 Å². The number of carbonyl (C=O) groups is 1. The van der Waals surface area contributed by atoms with Crippen LogP contribution >= 0.6 is 0 Å². The summed E-state index contributed by atoms with van der Waals surface area (Å²) in [5.41, 5.74) is 0.862. The Balaban J connectivity index is 1.82. The summed E-state index contributed by atoms with van der Waals surface area (Å²) in [6.45, 7) is 4.72. The number of nitrogens with one attached hydrogen (secondary N) is 1. The lowest BCUT2D eigenvalue weighted by molar-refractivity contribution is 0.0644. The van der Waals surface area contributed by atoms with E-state index in [4.69, 9.17) is 0 Å². The van der Waals surface area contributed by atoms with Crippen LogP contribution in [0.15, 0.2) is 18.3 Å². The smallest absolute Gasteiger partial charge is 0.270 e. The standard InChI is InChI=1S/C13H19N3O/c1-10-9-14-6-8-15(10)13(17)12-3-2-7-16(12)11-4-5-11/h2-3,7,10-11,14H,4-6,8-9H2,1H3/t10-/m1/s1. The second-order valence-electron chi connectivity index (χ2n) is 5.08. The van der Waals surface area contributed by atoms with Crippen molar-refractivity contribution in [3.63, 3.8) is 0 Å². The predicted molar refractivity (Wildman–Crippen MR) is 66.1 cm³/mol. The van der Waals surface area contributed by atoms with Gasteiger partial charge in [-0.05, 0) is 31.9 Å². The van der Waals surface area contributed by atoms with E-state index in [1.54, 1.807) is 0 Å². The minimum Gasteiger partial charge on any atom is -0.340 e. The van der Waals surface area contributed by atoms with Crippen molar-refractivity contribution in [3.05, 3.63) is 24.0 Å². The molecule has 1 atom stereocenters. The molecule has 1 amide bonds. The molecule has 1 aliphatic heterocycles. The van der Waals surface area contributed by atoms with Gasteiger partial charge >= 0.3 is 0 Å². The summed E-state index contributed by atoms with van der Waals surface area (Å²) in [5, 5.41) is 3.31. The first-order valence-corrected chi connectivity index (χ1v) is 6.46. The molecule has 2 heterocycles. The molecule has 1 N–H and O–H groups in total. The molecular formula is C13H19N3O. The third kappa shape index (κ3) is 1.97. The fraction of sp³-hybridized carbons (Fsp3) is 0.615. The van der Waals surface area contributed by atoms with Gasteiger partial charge < -0.3 is 14.8 Å². The Bertz CT molecular complexity index is 422. The fourth-order valence-electron chi connectivity index (χ4n) is 2.54. The van der Waals surface area contributed by atoms with Gasteiger partial charge in [-0.1, -0.05) is 0 Å². The van der Waals surface area contributed by atoms with Gasteiger partial charge in [0.25, 0.3) is 5.91 Å². The van der Waals surface area contributed by atoms with Crippen molar-refractivity contribution in [2.75, 3.05) is 19.6 Å². The van der Waals surface area contributed by atoms with Gasteiger partial charge in [0.05, 0.1) is 0 Å². The number of amides is 1. The van der Waals surface area contributed by atoms with Crippen LogP contribution in [0.1, 0.15) is 36.3 Å². The van der Waals surface area contributed by atoms with E-state index in [0.717, 1.165) is 25.3 Å². The van der Waals surface area contributed by atoms with Crippen molar-refractivity contribution in [3.8, 4) is 0 Å². The van der Waals surface area contributed by atoms with Crippen molar-refractivity contribution in [2.24, 2.45) is 0 Å². The molecule has 17 heavy (non-hydrogen) atoms. The first kappa shape index (κ1) is 10.8. The quantitative estimate of drug-likeness (QED) is 0.835. The highest BCUT2D eigenvalue weighted by Crippen LogP contribution is 2.36. The maximum atomic E-state index is 12.5. The second-order valence-corrected chi connectivity index (χ2v) is 5.08. The average Bonchev–Trinajstić information content (AvgIpc) is 3.07. The molecule has 2 fully saturated rings. The van der Waals surface area contributed by atoms with Gasteiger partial charge in [0.2, 0.25) is 0 Å². The zero-order valence-electron chi connectivity index (χ0n) is 10.2. The number of aromatic nitrogens is 1. The van der Waals surface area contributed by atoms with E-state index in [1.165, 1.54) is 12.8 Å². The van der Waals surface area contributed by atoms with E-state index in [9.17, 15) is 4.79 Å². The van der Waals surface area contributed by atoms with Crippen LogP contribution in [0.2, 0.25) is 0 Å². The summed E-state index contributed by atoms with van der Waals surface area (Å²) in [5.74, 6) is 0.191. The van der Waals surface area contributed by atoms with Gasteiger partial charge in [-0.15, -0.1) is 0 Å². The third-order valence-electron chi connectivity index (χ3n) is 3.70. The Hall–Kier alpha value is -1.29. The molecule has 4 nitrogen and oxygen atoms in total. The van der Waals surface area contributed by atoms with E-state index in [-0.39, 0.29) is 5.91 Å². The summed E-state index contributed by atoms with van der Waals surface area (Å²) in [4.78, 5) is 14.5. The Morgan fingerprint density at radius 1 is 1.47 bits per heavy atom. The topological polar surface area (TPSA) is 37.3 Å². The van der Waals surface area contributed by atoms with Gasteiger partial charge in [0.15, 0.2) is 0 Å². The lowest BCUT2D eigenvalue weighted by Gasteiger charge is -2.34. The molecule has 1 saturated heterocycles. The van der Waals surface area contributed by atoms with E-state index < -0.39 is 0 Å². The van der Waals surface area contributed by atoms with Gasteiger partial charge in [-0.3, -0.25) is 4.79 Å². The van der Waals surface area contributed by atoms with Gasteiger partial charge in [0, 0.05) is 37.9 Å². The van der Waals surface area contributed by atoms with E-state index in [2.05, 4.69) is 16.8 Å². The van der Waals surface area contributed by atoms with E-state index >= 15 is 0 Å². The van der Waals surface area contributed by atoms with Crippen LogP contribution in [0.3, 0.4) is 0 Å². The first-order chi connectivity index (χ1) is 8.27. The Morgan fingerprint density at radius 3 is 3.00 bits per heavy atom. The predicted octanol–water partition coefficient (Wildman–Crippen LogP) is 1.26. The van der Waals surface area contributed by atoms with E-state index in [1.807, 2.05) is 23.2 Å². The van der Waals surface area contributed by atoms with Crippen molar-refractivity contribution in [1.82, 2.24) is 14.8 Å². The molecule has 0 unspecified atom stereocenters. The number of hydrogen-bond donors (Lipinski definition) is 1. The lowest BCUT2D eigenvalue weighted by atomic mass is 10.2. The highest BCUT2D eigenvalue weighted by atomic mass is 16.2. The number of carbonyl (C=O) groups excluding carboxylic acids is 1. The average molecular weight is 233 g/mol. The van der Waals surface area contributed by atoms with Crippen LogP contribution in [0.25, 0.3) is 0 Å². The zero-order valence-corrected chi connectivity index (χ0v) is 10.2. The van der Waals surface area contributed by atoms with Crippen molar-refractivity contribution < 1.29 is 4.79 Å². The largest absolute Gasteiger partial charge is 0.340 e. The molecule has 0 aromatic carbocycles. The number of hydrogen-bond acceptors (Lipinski definition) is 2. The molecule has 0 radical (unpaired) electrons. The highest BCUT2D eigenvalue weighted by Gasteiger charge is 2.30. The van der Waals surface area contributed by atoms with Crippen molar-refractivity contribution >= 4 is 5.91 Å². The fourth-order valence-corrected chi connectivity index (χ4v) is 2.54. The lowest BCUT2D eigenvalue weighted by Crippen LogP contribution is -2.52. The SMILES string of the molecule is C[C@@H]1CNCCN1C(=O)c1cccn1C1CC1. The monoisotopic (exact) mass is 233 g/mol. The molecule has 3 rings (SSSR count). The van der Waals surface area contributed by atoms with Crippen LogP contribution in [-0.2, 0) is 0 Å². The third-order valence-corrected chi connectivity index (χ3v) is 3.70. The summed E-state index contributed by atoms with van der Waals surface area (Å²) in [6, 6.07) is 4.80.